The third-order valence-electron chi connectivity index (χ3n) is 2.59. The minimum absolute atomic E-state index is 0.0678. The van der Waals surface area contributed by atoms with Crippen LogP contribution >= 0.6 is 0 Å². The number of likely N-dealkylation sites (tertiary alicyclic amines) is 1. The lowest BCUT2D eigenvalue weighted by Crippen LogP contribution is -2.46. The second kappa shape index (κ2) is 5.91. The van der Waals surface area contributed by atoms with Gasteiger partial charge in [0.2, 0.25) is 11.8 Å². The lowest BCUT2D eigenvalue weighted by molar-refractivity contribution is -0.127. The SMILES string of the molecule is C=CC(=O)N1CCC(NC(=O)CC#N)CC1. The summed E-state index contributed by atoms with van der Waals surface area (Å²) in [7, 11) is 0. The maximum atomic E-state index is 11.3. The summed E-state index contributed by atoms with van der Waals surface area (Å²) in [6, 6.07) is 1.88. The molecule has 0 aromatic carbocycles. The number of hydrogen-bond donors (Lipinski definition) is 1. The quantitative estimate of drug-likeness (QED) is 0.691. The van der Waals surface area contributed by atoms with Crippen LogP contribution < -0.4 is 5.32 Å². The van der Waals surface area contributed by atoms with Crippen molar-refractivity contribution in [3.05, 3.63) is 12.7 Å². The van der Waals surface area contributed by atoms with Crippen LogP contribution in [0.15, 0.2) is 12.7 Å². The van der Waals surface area contributed by atoms with Crippen LogP contribution in [-0.2, 0) is 9.59 Å². The van der Waals surface area contributed by atoms with Gasteiger partial charge >= 0.3 is 0 Å². The van der Waals surface area contributed by atoms with Crippen LogP contribution in [0.25, 0.3) is 0 Å². The molecule has 1 heterocycles. The summed E-state index contributed by atoms with van der Waals surface area (Å²) in [5, 5.41) is 11.1. The van der Waals surface area contributed by atoms with Crippen molar-refractivity contribution in [2.45, 2.75) is 25.3 Å². The maximum absolute atomic E-state index is 11.3. The van der Waals surface area contributed by atoms with Gasteiger partial charge in [-0.3, -0.25) is 9.59 Å². The number of rotatable bonds is 3. The molecule has 0 aromatic rings. The molecular weight excluding hydrogens is 206 g/mol. The molecular formula is C11H15N3O2. The molecule has 2 amide bonds. The zero-order valence-electron chi connectivity index (χ0n) is 9.11. The summed E-state index contributed by atoms with van der Waals surface area (Å²) < 4.78 is 0. The Labute approximate surface area is 94.7 Å². The first kappa shape index (κ1) is 12.2. The smallest absolute Gasteiger partial charge is 0.245 e. The fraction of sp³-hybridized carbons (Fsp3) is 0.545. The van der Waals surface area contributed by atoms with E-state index in [1.165, 1.54) is 6.08 Å². The van der Waals surface area contributed by atoms with Crippen molar-refractivity contribution in [2.75, 3.05) is 13.1 Å². The summed E-state index contributed by atoms with van der Waals surface area (Å²) in [5.74, 6) is -0.308. The molecule has 5 heteroatoms. The normalized spacial score (nSPS) is 16.3. The van der Waals surface area contributed by atoms with Crippen molar-refractivity contribution in [2.24, 2.45) is 0 Å². The molecule has 1 fully saturated rings. The van der Waals surface area contributed by atoms with Gasteiger partial charge in [-0.2, -0.15) is 5.26 Å². The second-order valence-corrected chi connectivity index (χ2v) is 3.71. The molecule has 0 unspecified atom stereocenters. The van der Waals surface area contributed by atoms with E-state index < -0.39 is 0 Å². The molecule has 16 heavy (non-hydrogen) atoms. The average molecular weight is 221 g/mol. The van der Waals surface area contributed by atoms with E-state index in [0.29, 0.717) is 13.1 Å². The van der Waals surface area contributed by atoms with E-state index in [9.17, 15) is 9.59 Å². The van der Waals surface area contributed by atoms with Crippen molar-refractivity contribution < 1.29 is 9.59 Å². The van der Waals surface area contributed by atoms with Crippen LogP contribution in [0.2, 0.25) is 0 Å². The molecule has 1 N–H and O–H groups in total. The fourth-order valence-corrected chi connectivity index (χ4v) is 1.72. The van der Waals surface area contributed by atoms with Crippen LogP contribution in [0.3, 0.4) is 0 Å². The van der Waals surface area contributed by atoms with Crippen LogP contribution in [-0.4, -0.2) is 35.8 Å². The van der Waals surface area contributed by atoms with Crippen molar-refractivity contribution in [3.8, 4) is 6.07 Å². The summed E-state index contributed by atoms with van der Waals surface area (Å²) in [4.78, 5) is 24.1. The molecule has 1 rings (SSSR count). The molecule has 1 aliphatic heterocycles. The Balaban J connectivity index is 2.32. The van der Waals surface area contributed by atoms with E-state index in [4.69, 9.17) is 5.26 Å². The van der Waals surface area contributed by atoms with Gasteiger partial charge < -0.3 is 10.2 Å². The number of carbonyl (C=O) groups is 2. The third-order valence-corrected chi connectivity index (χ3v) is 2.59. The first-order valence-corrected chi connectivity index (χ1v) is 5.25. The Morgan fingerprint density at radius 3 is 2.62 bits per heavy atom. The molecule has 1 saturated heterocycles. The average Bonchev–Trinajstić information content (AvgIpc) is 2.29. The third kappa shape index (κ3) is 3.39. The number of piperidine rings is 1. The van der Waals surface area contributed by atoms with Gasteiger partial charge in [0.25, 0.3) is 0 Å². The summed E-state index contributed by atoms with van der Waals surface area (Å²) in [5.41, 5.74) is 0. The Bertz CT molecular complexity index is 325. The Morgan fingerprint density at radius 1 is 1.50 bits per heavy atom. The van der Waals surface area contributed by atoms with E-state index in [-0.39, 0.29) is 24.3 Å². The van der Waals surface area contributed by atoms with Crippen molar-refractivity contribution in [1.82, 2.24) is 10.2 Å². The monoisotopic (exact) mass is 221 g/mol. The van der Waals surface area contributed by atoms with Gasteiger partial charge in [-0.25, -0.2) is 0 Å². The Kier molecular flexibility index (Phi) is 4.52. The summed E-state index contributed by atoms with van der Waals surface area (Å²) in [6.07, 6.45) is 2.66. The van der Waals surface area contributed by atoms with E-state index >= 15 is 0 Å². The fourth-order valence-electron chi connectivity index (χ4n) is 1.72. The number of nitrogens with one attached hydrogen (secondary N) is 1. The predicted octanol–water partition coefficient (Wildman–Crippen LogP) is 0.193. The molecule has 0 saturated carbocycles. The number of hydrogen-bond acceptors (Lipinski definition) is 3. The topological polar surface area (TPSA) is 73.2 Å². The molecule has 0 spiro atoms. The first-order chi connectivity index (χ1) is 7.67. The Hall–Kier alpha value is -1.83. The van der Waals surface area contributed by atoms with Gasteiger partial charge in [-0.05, 0) is 18.9 Å². The van der Waals surface area contributed by atoms with Gasteiger partial charge in [0.15, 0.2) is 0 Å². The van der Waals surface area contributed by atoms with Crippen LogP contribution in [0.1, 0.15) is 19.3 Å². The van der Waals surface area contributed by atoms with Gasteiger partial charge in [0.1, 0.15) is 6.42 Å². The molecule has 0 bridgehead atoms. The molecule has 0 atom stereocenters. The Morgan fingerprint density at radius 2 is 2.12 bits per heavy atom. The van der Waals surface area contributed by atoms with Crippen LogP contribution in [0, 0.1) is 11.3 Å². The molecule has 86 valence electrons. The van der Waals surface area contributed by atoms with Crippen molar-refractivity contribution in [1.29, 1.82) is 5.26 Å². The van der Waals surface area contributed by atoms with E-state index in [0.717, 1.165) is 12.8 Å². The van der Waals surface area contributed by atoms with Gasteiger partial charge in [0, 0.05) is 19.1 Å². The highest BCUT2D eigenvalue weighted by Gasteiger charge is 2.22. The highest BCUT2D eigenvalue weighted by molar-refractivity contribution is 5.87. The maximum Gasteiger partial charge on any atom is 0.245 e. The predicted molar refractivity (Wildman–Crippen MR) is 58.2 cm³/mol. The minimum Gasteiger partial charge on any atom is -0.352 e. The number of carbonyl (C=O) groups excluding carboxylic acids is 2. The lowest BCUT2D eigenvalue weighted by atomic mass is 10.0. The minimum atomic E-state index is -0.240. The highest BCUT2D eigenvalue weighted by atomic mass is 16.2. The molecule has 0 radical (unpaired) electrons. The molecule has 0 aromatic heterocycles. The van der Waals surface area contributed by atoms with E-state index in [2.05, 4.69) is 11.9 Å². The van der Waals surface area contributed by atoms with Crippen molar-refractivity contribution >= 4 is 11.8 Å². The zero-order valence-corrected chi connectivity index (χ0v) is 9.11. The van der Waals surface area contributed by atoms with Gasteiger partial charge in [-0.15, -0.1) is 0 Å². The standard InChI is InChI=1S/C11H15N3O2/c1-2-11(16)14-7-4-9(5-8-14)13-10(15)3-6-12/h2,9H,1,3-5,7-8H2,(H,13,15). The van der Waals surface area contributed by atoms with Gasteiger partial charge in [-0.1, -0.05) is 6.58 Å². The van der Waals surface area contributed by atoms with Crippen LogP contribution in [0.5, 0.6) is 0 Å². The van der Waals surface area contributed by atoms with E-state index in [1.807, 2.05) is 0 Å². The zero-order chi connectivity index (χ0) is 12.0. The summed E-state index contributed by atoms with van der Waals surface area (Å²) in [6.45, 7) is 4.69. The number of nitrogens with zero attached hydrogens (tertiary/aromatic N) is 2. The lowest BCUT2D eigenvalue weighted by Gasteiger charge is -2.31. The van der Waals surface area contributed by atoms with Crippen molar-refractivity contribution in [3.63, 3.8) is 0 Å². The number of amides is 2. The second-order valence-electron chi connectivity index (χ2n) is 3.71. The van der Waals surface area contributed by atoms with Crippen LogP contribution in [0.4, 0.5) is 0 Å². The first-order valence-electron chi connectivity index (χ1n) is 5.25. The number of nitriles is 1. The van der Waals surface area contributed by atoms with Gasteiger partial charge in [0.05, 0.1) is 6.07 Å². The highest BCUT2D eigenvalue weighted by Crippen LogP contribution is 2.10. The largest absolute Gasteiger partial charge is 0.352 e. The van der Waals surface area contributed by atoms with E-state index in [1.54, 1.807) is 11.0 Å². The summed E-state index contributed by atoms with van der Waals surface area (Å²) >= 11 is 0. The molecule has 5 nitrogen and oxygen atoms in total. The molecule has 1 aliphatic rings. The molecule has 0 aliphatic carbocycles.